The van der Waals surface area contributed by atoms with Gasteiger partial charge in [-0.25, -0.2) is 4.98 Å². The molecule has 0 radical (unpaired) electrons. The van der Waals surface area contributed by atoms with Crippen LogP contribution >= 0.6 is 23.3 Å². The number of pyridine rings is 1. The van der Waals surface area contributed by atoms with Crippen LogP contribution in [0.3, 0.4) is 0 Å². The normalized spacial score (nSPS) is 26.3. The Morgan fingerprint density at radius 1 is 1.07 bits per heavy atom. The number of allylic oxidation sites excluding steroid dienone is 1. The molecule has 4 aliphatic rings. The SMILES string of the molecule is COc1ccc2c(O[C@@H]3CC4C(=O)N[C@]5(C(=O)NSC6CC6)CC5/C=C\CCCCC[C@H](NC(=O)c5ccc(C)s5)C(=O)N4C3)cc(OC(C)C)nc2c1C. The van der Waals surface area contributed by atoms with E-state index in [-0.39, 0.29) is 42.7 Å². The van der Waals surface area contributed by atoms with E-state index in [1.807, 2.05) is 45.9 Å². The maximum atomic E-state index is 14.7. The molecule has 4 heterocycles. The lowest BCUT2D eigenvalue weighted by Gasteiger charge is -2.29. The summed E-state index contributed by atoms with van der Waals surface area (Å²) in [7, 11) is 1.61. The van der Waals surface area contributed by atoms with Crippen LogP contribution in [0.15, 0.2) is 42.5 Å². The summed E-state index contributed by atoms with van der Waals surface area (Å²) in [6.07, 6.45) is 9.93. The third kappa shape index (κ3) is 8.75. The minimum atomic E-state index is -1.10. The number of rotatable bonds is 10. The van der Waals surface area contributed by atoms with Crippen LogP contribution in [-0.2, 0) is 14.4 Å². The quantitative estimate of drug-likeness (QED) is 0.162. The Bertz CT molecular complexity index is 1980. The Morgan fingerprint density at radius 2 is 1.89 bits per heavy atom. The smallest absolute Gasteiger partial charge is 0.262 e. The highest BCUT2D eigenvalue weighted by atomic mass is 32.2. The molecule has 3 N–H and O–H groups in total. The lowest BCUT2D eigenvalue weighted by Crippen LogP contribution is -2.57. The van der Waals surface area contributed by atoms with E-state index in [0.717, 1.165) is 54.4 Å². The monoisotopic (exact) mass is 789 g/mol. The van der Waals surface area contributed by atoms with E-state index in [1.165, 1.54) is 23.3 Å². The summed E-state index contributed by atoms with van der Waals surface area (Å²) in [6.45, 7) is 7.80. The topological polar surface area (TPSA) is 148 Å². The van der Waals surface area contributed by atoms with Gasteiger partial charge in [-0.3, -0.25) is 23.9 Å². The molecule has 3 fully saturated rings. The van der Waals surface area contributed by atoms with Crippen molar-refractivity contribution in [3.8, 4) is 17.4 Å². The molecule has 2 aliphatic heterocycles. The molecule has 5 atom stereocenters. The zero-order valence-electron chi connectivity index (χ0n) is 32.1. The van der Waals surface area contributed by atoms with E-state index >= 15 is 0 Å². The van der Waals surface area contributed by atoms with Crippen LogP contribution in [0.4, 0.5) is 0 Å². The van der Waals surface area contributed by atoms with Gasteiger partial charge in [0.05, 0.1) is 30.2 Å². The molecule has 4 amide bonds. The fourth-order valence-electron chi connectivity index (χ4n) is 7.52. The molecular formula is C41H51N5O7S2. The van der Waals surface area contributed by atoms with Crippen molar-refractivity contribution < 1.29 is 33.4 Å². The van der Waals surface area contributed by atoms with Crippen molar-refractivity contribution in [3.05, 3.63) is 57.8 Å². The molecule has 14 heteroatoms. The second-order valence-corrected chi connectivity index (χ2v) is 17.8. The molecule has 0 bridgehead atoms. The first-order valence-electron chi connectivity index (χ1n) is 19.4. The summed E-state index contributed by atoms with van der Waals surface area (Å²) in [5.74, 6) is 0.111. The Kier molecular flexibility index (Phi) is 11.6. The number of methoxy groups -OCH3 is 1. The van der Waals surface area contributed by atoms with Crippen LogP contribution in [0.25, 0.3) is 10.9 Å². The molecule has 294 valence electrons. The minimum Gasteiger partial charge on any atom is -0.496 e. The van der Waals surface area contributed by atoms with Crippen LogP contribution < -0.4 is 29.6 Å². The van der Waals surface area contributed by atoms with E-state index in [9.17, 15) is 19.2 Å². The fraction of sp³-hybridized carbons (Fsp3) is 0.537. The lowest BCUT2D eigenvalue weighted by atomic mass is 10.0. The van der Waals surface area contributed by atoms with Crippen molar-refractivity contribution in [2.24, 2.45) is 5.92 Å². The van der Waals surface area contributed by atoms with Gasteiger partial charge in [-0.15, -0.1) is 11.3 Å². The number of aromatic nitrogens is 1. The maximum Gasteiger partial charge on any atom is 0.262 e. The van der Waals surface area contributed by atoms with Gasteiger partial charge in [-0.05, 0) is 102 Å². The van der Waals surface area contributed by atoms with Gasteiger partial charge in [0.25, 0.3) is 11.8 Å². The van der Waals surface area contributed by atoms with Gasteiger partial charge >= 0.3 is 0 Å². The first-order chi connectivity index (χ1) is 26.4. The standard InChI is InChI=1S/C41H51N5O7S2/c1-23(2)52-35-20-33(29-16-17-32(51-5)25(4)36(29)43-35)53-27-19-31-37(47)44-41(40(50)45-55-28-14-15-28)21-26(41)11-9-7-6-8-10-12-30(39(49)46(31)22-27)42-38(48)34-18-13-24(3)54-34/h9,11,13,16-18,20,23,26-28,30-31H,6-8,10,12,14-15,19,21-22H2,1-5H3,(H,42,48)(H,44,47)(H,45,50)/b11-9-/t26?,27-,30+,31?,41-/m1/s1. The molecule has 3 aromatic rings. The third-order valence-electron chi connectivity index (χ3n) is 10.8. The van der Waals surface area contributed by atoms with Crippen molar-refractivity contribution in [2.75, 3.05) is 13.7 Å². The van der Waals surface area contributed by atoms with Crippen molar-refractivity contribution in [3.63, 3.8) is 0 Å². The largest absolute Gasteiger partial charge is 0.496 e. The minimum absolute atomic E-state index is 0.0980. The van der Waals surface area contributed by atoms with E-state index < -0.39 is 29.6 Å². The van der Waals surface area contributed by atoms with Crippen LogP contribution in [0.1, 0.15) is 91.7 Å². The average molecular weight is 790 g/mol. The van der Waals surface area contributed by atoms with Crippen LogP contribution in [-0.4, -0.2) is 82.2 Å². The number of fused-ring (bicyclic) bond motifs is 3. The molecule has 7 rings (SSSR count). The van der Waals surface area contributed by atoms with Gasteiger partial charge in [0.1, 0.15) is 35.2 Å². The molecule has 1 aromatic carbocycles. The molecule has 2 saturated carbocycles. The Labute approximate surface area is 330 Å². The number of aryl methyl sites for hydroxylation is 2. The number of carbonyl (C=O) groups excluding carboxylic acids is 4. The number of ether oxygens (including phenoxy) is 3. The zero-order chi connectivity index (χ0) is 38.9. The van der Waals surface area contributed by atoms with Crippen molar-refractivity contribution >= 4 is 57.8 Å². The number of nitrogens with one attached hydrogen (secondary N) is 3. The highest BCUT2D eigenvalue weighted by Gasteiger charge is 2.61. The van der Waals surface area contributed by atoms with Gasteiger partial charge in [-0.1, -0.05) is 25.0 Å². The van der Waals surface area contributed by atoms with Crippen LogP contribution in [0.2, 0.25) is 0 Å². The summed E-state index contributed by atoms with van der Waals surface area (Å²) in [5.41, 5.74) is 0.379. The van der Waals surface area contributed by atoms with Crippen molar-refractivity contribution in [1.82, 2.24) is 25.2 Å². The number of amides is 4. The average Bonchev–Trinajstić information content (AvgIpc) is 4.02. The van der Waals surface area contributed by atoms with Gasteiger partial charge in [0, 0.05) is 39.5 Å². The first kappa shape index (κ1) is 39.0. The first-order valence-corrected chi connectivity index (χ1v) is 21.1. The highest BCUT2D eigenvalue weighted by Crippen LogP contribution is 2.46. The summed E-state index contributed by atoms with van der Waals surface area (Å²) in [4.78, 5) is 64.3. The predicted molar refractivity (Wildman–Crippen MR) is 214 cm³/mol. The molecule has 2 aromatic heterocycles. The molecule has 12 nitrogen and oxygen atoms in total. The summed E-state index contributed by atoms with van der Waals surface area (Å²) >= 11 is 2.79. The number of carbonyl (C=O) groups is 4. The van der Waals surface area contributed by atoms with E-state index in [2.05, 4.69) is 27.5 Å². The molecule has 1 saturated heterocycles. The Hall–Kier alpha value is -4.30. The number of nitrogens with zero attached hydrogens (tertiary/aromatic N) is 2. The maximum absolute atomic E-state index is 14.7. The molecule has 0 spiro atoms. The third-order valence-corrected chi connectivity index (χ3v) is 12.9. The second kappa shape index (κ2) is 16.4. The van der Waals surface area contributed by atoms with Gasteiger partial charge in [0.15, 0.2) is 0 Å². The molecule has 2 aliphatic carbocycles. The Morgan fingerprint density at radius 3 is 2.62 bits per heavy atom. The number of benzene rings is 1. The molecular weight excluding hydrogens is 739 g/mol. The summed E-state index contributed by atoms with van der Waals surface area (Å²) < 4.78 is 21.4. The second-order valence-electron chi connectivity index (χ2n) is 15.4. The fourth-order valence-corrected chi connectivity index (χ4v) is 9.12. The van der Waals surface area contributed by atoms with Crippen molar-refractivity contribution in [1.29, 1.82) is 0 Å². The lowest BCUT2D eigenvalue weighted by molar-refractivity contribution is -0.141. The summed E-state index contributed by atoms with van der Waals surface area (Å²) in [6, 6.07) is 7.34. The van der Waals surface area contributed by atoms with E-state index in [0.29, 0.717) is 45.9 Å². The van der Waals surface area contributed by atoms with E-state index in [1.54, 1.807) is 24.1 Å². The zero-order valence-corrected chi connectivity index (χ0v) is 33.8. The Balaban J connectivity index is 1.21. The molecule has 55 heavy (non-hydrogen) atoms. The summed E-state index contributed by atoms with van der Waals surface area (Å²) in [5, 5.41) is 7.28. The predicted octanol–water partition coefficient (Wildman–Crippen LogP) is 6.18. The number of hydrogen-bond donors (Lipinski definition) is 3. The number of hydrogen-bond acceptors (Lipinski definition) is 10. The van der Waals surface area contributed by atoms with E-state index in [4.69, 9.17) is 19.2 Å². The van der Waals surface area contributed by atoms with Gasteiger partial charge < -0.3 is 29.7 Å². The van der Waals surface area contributed by atoms with Gasteiger partial charge in [0.2, 0.25) is 17.7 Å². The van der Waals surface area contributed by atoms with Crippen LogP contribution in [0.5, 0.6) is 17.4 Å². The highest BCUT2D eigenvalue weighted by molar-refractivity contribution is 7.98. The van der Waals surface area contributed by atoms with Gasteiger partial charge in [-0.2, -0.15) is 0 Å². The van der Waals surface area contributed by atoms with Crippen molar-refractivity contribution in [2.45, 2.75) is 121 Å². The number of thiophene rings is 1. The van der Waals surface area contributed by atoms with Crippen LogP contribution in [0, 0.1) is 19.8 Å². The molecule has 2 unspecified atom stereocenters.